The average molecular weight is 297 g/mol. The number of nitro groups is 1. The normalized spacial score (nSPS) is 10.9. The van der Waals surface area contributed by atoms with Crippen LogP contribution in [0.1, 0.15) is 29.0 Å². The van der Waals surface area contributed by atoms with E-state index < -0.39 is 16.9 Å². The highest BCUT2D eigenvalue weighted by atomic mass is 19.3. The second kappa shape index (κ2) is 5.86. The first-order valence-corrected chi connectivity index (χ1v) is 6.12. The lowest BCUT2D eigenvalue weighted by Crippen LogP contribution is -2.05. The van der Waals surface area contributed by atoms with Gasteiger partial charge in [0, 0.05) is 35.5 Å². The van der Waals surface area contributed by atoms with Crippen LogP contribution in [0.2, 0.25) is 0 Å². The Morgan fingerprint density at radius 1 is 1.43 bits per heavy atom. The fraction of sp³-hybridized carbons (Fsp3) is 0.308. The number of nitrogens with one attached hydrogen (secondary N) is 1. The largest absolute Gasteiger partial charge is 0.380 e. The Morgan fingerprint density at radius 2 is 2.14 bits per heavy atom. The van der Waals surface area contributed by atoms with Gasteiger partial charge in [0.1, 0.15) is 5.76 Å². The van der Waals surface area contributed by atoms with E-state index in [4.69, 9.17) is 4.52 Å². The van der Waals surface area contributed by atoms with Crippen LogP contribution in [0.15, 0.2) is 22.7 Å². The summed E-state index contributed by atoms with van der Waals surface area (Å²) < 4.78 is 31.0. The first-order valence-electron chi connectivity index (χ1n) is 6.12. The van der Waals surface area contributed by atoms with E-state index in [1.54, 1.807) is 13.8 Å². The van der Waals surface area contributed by atoms with E-state index in [2.05, 4.69) is 10.5 Å². The second-order valence-corrected chi connectivity index (χ2v) is 4.49. The number of nitrogens with zero attached hydrogens (tertiary/aromatic N) is 2. The zero-order chi connectivity index (χ0) is 15.6. The van der Waals surface area contributed by atoms with Gasteiger partial charge in [0.25, 0.3) is 12.1 Å². The van der Waals surface area contributed by atoms with E-state index in [0.717, 1.165) is 11.6 Å². The minimum absolute atomic E-state index is 0.149. The van der Waals surface area contributed by atoms with Crippen LogP contribution in [-0.4, -0.2) is 10.1 Å². The summed E-state index contributed by atoms with van der Waals surface area (Å²) in [5.41, 5.74) is 0.814. The van der Waals surface area contributed by atoms with E-state index in [0.29, 0.717) is 11.5 Å². The van der Waals surface area contributed by atoms with Crippen molar-refractivity contribution in [2.75, 3.05) is 5.32 Å². The summed E-state index contributed by atoms with van der Waals surface area (Å²) in [6, 6.07) is 3.33. The SMILES string of the molecule is Cc1noc(C)c1CNc1ccc([N+](=O)[O-])cc1C(F)F. The van der Waals surface area contributed by atoms with Crippen LogP contribution in [0.5, 0.6) is 0 Å². The lowest BCUT2D eigenvalue weighted by atomic mass is 10.1. The van der Waals surface area contributed by atoms with Crippen molar-refractivity contribution in [1.29, 1.82) is 0 Å². The third kappa shape index (κ3) is 3.15. The summed E-state index contributed by atoms with van der Waals surface area (Å²) in [5, 5.41) is 17.3. The molecule has 1 aromatic heterocycles. The van der Waals surface area contributed by atoms with E-state index in [1.165, 1.54) is 12.1 Å². The Hall–Kier alpha value is -2.51. The van der Waals surface area contributed by atoms with E-state index in [9.17, 15) is 18.9 Å². The third-order valence-corrected chi connectivity index (χ3v) is 3.12. The number of non-ortho nitro benzene ring substituents is 1. The van der Waals surface area contributed by atoms with Gasteiger partial charge in [0.05, 0.1) is 10.6 Å². The van der Waals surface area contributed by atoms with Crippen molar-refractivity contribution in [3.05, 3.63) is 50.9 Å². The summed E-state index contributed by atoms with van der Waals surface area (Å²) in [6.45, 7) is 3.72. The van der Waals surface area contributed by atoms with Crippen LogP contribution >= 0.6 is 0 Å². The number of hydrogen-bond acceptors (Lipinski definition) is 5. The van der Waals surface area contributed by atoms with Gasteiger partial charge in [-0.1, -0.05) is 5.16 Å². The van der Waals surface area contributed by atoms with Crippen LogP contribution in [0.25, 0.3) is 0 Å². The number of halogens is 2. The number of rotatable bonds is 5. The van der Waals surface area contributed by atoms with Gasteiger partial charge in [0.2, 0.25) is 0 Å². The molecule has 0 radical (unpaired) electrons. The predicted octanol–water partition coefficient (Wildman–Crippen LogP) is 3.75. The minimum Gasteiger partial charge on any atom is -0.380 e. The maximum Gasteiger partial charge on any atom is 0.270 e. The molecule has 0 spiro atoms. The molecule has 2 rings (SSSR count). The number of aromatic nitrogens is 1. The number of alkyl halides is 2. The van der Waals surface area contributed by atoms with E-state index >= 15 is 0 Å². The monoisotopic (exact) mass is 297 g/mol. The maximum absolute atomic E-state index is 13.0. The quantitative estimate of drug-likeness (QED) is 0.671. The highest BCUT2D eigenvalue weighted by Crippen LogP contribution is 2.31. The zero-order valence-electron chi connectivity index (χ0n) is 11.4. The number of aryl methyl sites for hydroxylation is 2. The van der Waals surface area contributed by atoms with Gasteiger partial charge in [-0.25, -0.2) is 8.78 Å². The minimum atomic E-state index is -2.81. The summed E-state index contributed by atoms with van der Waals surface area (Å²) >= 11 is 0. The Morgan fingerprint density at radius 3 is 2.67 bits per heavy atom. The fourth-order valence-electron chi connectivity index (χ4n) is 1.94. The Bertz CT molecular complexity index is 651. The number of anilines is 1. The van der Waals surface area contributed by atoms with Crippen molar-refractivity contribution < 1.29 is 18.2 Å². The molecule has 2 aromatic rings. The molecule has 0 aliphatic rings. The van der Waals surface area contributed by atoms with Crippen molar-refractivity contribution in [3.63, 3.8) is 0 Å². The van der Waals surface area contributed by atoms with Crippen molar-refractivity contribution in [3.8, 4) is 0 Å². The molecule has 1 heterocycles. The van der Waals surface area contributed by atoms with E-state index in [-0.39, 0.29) is 17.9 Å². The topological polar surface area (TPSA) is 81.2 Å². The molecule has 8 heteroatoms. The lowest BCUT2D eigenvalue weighted by Gasteiger charge is -2.11. The summed E-state index contributed by atoms with van der Waals surface area (Å²) in [6.07, 6.45) is -2.81. The van der Waals surface area contributed by atoms with Crippen molar-refractivity contribution in [2.24, 2.45) is 0 Å². The molecule has 0 bridgehead atoms. The molecular weight excluding hydrogens is 284 g/mol. The molecule has 0 aliphatic heterocycles. The zero-order valence-corrected chi connectivity index (χ0v) is 11.4. The van der Waals surface area contributed by atoms with Gasteiger partial charge in [-0.2, -0.15) is 0 Å². The third-order valence-electron chi connectivity index (χ3n) is 3.12. The average Bonchev–Trinajstić information content (AvgIpc) is 2.75. The molecule has 0 amide bonds. The van der Waals surface area contributed by atoms with Crippen LogP contribution < -0.4 is 5.32 Å². The van der Waals surface area contributed by atoms with Gasteiger partial charge in [-0.05, 0) is 19.9 Å². The summed E-state index contributed by atoms with van der Waals surface area (Å²) in [4.78, 5) is 9.94. The van der Waals surface area contributed by atoms with Crippen molar-refractivity contribution >= 4 is 11.4 Å². The van der Waals surface area contributed by atoms with Crippen LogP contribution in [0.4, 0.5) is 20.2 Å². The molecule has 21 heavy (non-hydrogen) atoms. The van der Waals surface area contributed by atoms with Crippen LogP contribution in [0, 0.1) is 24.0 Å². The molecule has 1 N–H and O–H groups in total. The lowest BCUT2D eigenvalue weighted by molar-refractivity contribution is -0.385. The van der Waals surface area contributed by atoms with Gasteiger partial charge < -0.3 is 9.84 Å². The number of hydrogen-bond donors (Lipinski definition) is 1. The molecule has 6 nitrogen and oxygen atoms in total. The Kier molecular flexibility index (Phi) is 4.15. The first-order chi connectivity index (χ1) is 9.90. The predicted molar refractivity (Wildman–Crippen MR) is 71.4 cm³/mol. The first kappa shape index (κ1) is 14.9. The molecule has 0 fully saturated rings. The highest BCUT2D eigenvalue weighted by molar-refractivity contribution is 5.57. The Balaban J connectivity index is 2.25. The Labute approximate surface area is 118 Å². The van der Waals surface area contributed by atoms with Crippen molar-refractivity contribution in [2.45, 2.75) is 26.8 Å². The molecule has 0 saturated heterocycles. The van der Waals surface area contributed by atoms with Gasteiger partial charge in [-0.15, -0.1) is 0 Å². The number of benzene rings is 1. The van der Waals surface area contributed by atoms with Gasteiger partial charge in [-0.3, -0.25) is 10.1 Å². The molecule has 0 aliphatic carbocycles. The molecule has 1 aromatic carbocycles. The summed E-state index contributed by atoms with van der Waals surface area (Å²) in [7, 11) is 0. The van der Waals surface area contributed by atoms with E-state index in [1.807, 2.05) is 0 Å². The number of nitro benzene ring substituents is 1. The molecule has 0 unspecified atom stereocenters. The molecular formula is C13H13F2N3O3. The van der Waals surface area contributed by atoms with Crippen LogP contribution in [0.3, 0.4) is 0 Å². The summed E-state index contributed by atoms with van der Waals surface area (Å²) in [5.74, 6) is 0.598. The van der Waals surface area contributed by atoms with Crippen LogP contribution in [-0.2, 0) is 6.54 Å². The molecule has 0 atom stereocenters. The highest BCUT2D eigenvalue weighted by Gasteiger charge is 2.18. The second-order valence-electron chi connectivity index (χ2n) is 4.49. The molecule has 112 valence electrons. The van der Waals surface area contributed by atoms with Gasteiger partial charge in [0.15, 0.2) is 0 Å². The standard InChI is InChI=1S/C13H13F2N3O3/c1-7-11(8(2)21-17-7)6-16-12-4-3-9(18(19)20)5-10(12)13(14)15/h3-5,13,16H,6H2,1-2H3. The van der Waals surface area contributed by atoms with Gasteiger partial charge >= 0.3 is 0 Å². The smallest absolute Gasteiger partial charge is 0.270 e. The molecule has 0 saturated carbocycles. The fourth-order valence-corrected chi connectivity index (χ4v) is 1.94. The maximum atomic E-state index is 13.0. The van der Waals surface area contributed by atoms with Crippen molar-refractivity contribution in [1.82, 2.24) is 5.16 Å².